The van der Waals surface area contributed by atoms with Crippen molar-refractivity contribution in [2.45, 2.75) is 38.3 Å². The maximum absolute atomic E-state index is 12.9. The number of ether oxygens (including phenoxy) is 2. The first-order valence-corrected chi connectivity index (χ1v) is 32.5. The molecular weight excluding hydrogens is 1310 g/mol. The molecule has 0 radical (unpaired) electrons. The summed E-state index contributed by atoms with van der Waals surface area (Å²) in [7, 11) is -18.3. The van der Waals surface area contributed by atoms with E-state index in [2.05, 4.69) is 51.3 Å². The zero-order valence-corrected chi connectivity index (χ0v) is 51.2. The van der Waals surface area contributed by atoms with Crippen molar-refractivity contribution < 1.29 is 96.4 Å². The van der Waals surface area contributed by atoms with Gasteiger partial charge < -0.3 is 35.2 Å². The Bertz CT molecular complexity index is 5300. The highest BCUT2D eigenvalue weighted by Crippen LogP contribution is 2.48. The molecule has 0 amide bonds. The van der Waals surface area contributed by atoms with Crippen LogP contribution in [0.3, 0.4) is 0 Å². The lowest BCUT2D eigenvalue weighted by molar-refractivity contribution is -0.432. The Morgan fingerprint density at radius 1 is 0.478 bits per heavy atom. The molecule has 474 valence electrons. The molecular formula is C57H45N9O21S5. The molecule has 0 aliphatic rings. The maximum atomic E-state index is 12.9. The number of aryl methyl sites for hydroxylation is 2. The number of hydrogen-bond acceptors (Lipinski definition) is 27. The number of nitrogens with zero attached hydrogens (tertiary/aromatic N) is 8. The van der Waals surface area contributed by atoms with Gasteiger partial charge in [0.25, 0.3) is 40.5 Å². The SMILES string of the molecule is COc1cc(N=Nc2cc(S(=O)(=O)O)cc3cc(S(=O)(=O)O)cc(O)c23)c(C)cc1N=Nc1c(S(=O)(=O)O)cc2cc(Nc3ccc4c(O)c(N=Nc5cc(C)c(N=Nc6cccc7ccc(S(=O)(=O)O)cc67)cc5OCCO)c(SOOO)cc4c3)ccc2c1O. The average molecular weight is 1350 g/mol. The predicted octanol–water partition coefficient (Wildman–Crippen LogP) is 14.2. The molecule has 10 rings (SSSR count). The second-order valence-corrected chi connectivity index (χ2v) is 26.1. The summed E-state index contributed by atoms with van der Waals surface area (Å²) in [6.45, 7) is 2.63. The zero-order valence-electron chi connectivity index (χ0n) is 47.2. The van der Waals surface area contributed by atoms with Crippen LogP contribution in [0.25, 0.3) is 43.1 Å². The number of aromatic hydroxyl groups is 3. The Balaban J connectivity index is 0.921. The molecule has 10 aromatic carbocycles. The molecule has 92 heavy (non-hydrogen) atoms. The van der Waals surface area contributed by atoms with Gasteiger partial charge in [0.05, 0.1) is 73.5 Å². The van der Waals surface area contributed by atoms with Gasteiger partial charge in [0.15, 0.2) is 11.5 Å². The molecule has 0 saturated heterocycles. The third kappa shape index (κ3) is 14.1. The van der Waals surface area contributed by atoms with Crippen LogP contribution < -0.4 is 14.8 Å². The zero-order chi connectivity index (χ0) is 66.2. The fraction of sp³-hybridized carbons (Fsp3) is 0.0877. The molecule has 0 spiro atoms. The third-order valence-electron chi connectivity index (χ3n) is 13.7. The van der Waals surface area contributed by atoms with Crippen LogP contribution in [-0.2, 0) is 49.8 Å². The van der Waals surface area contributed by atoms with Gasteiger partial charge in [0, 0.05) is 45.7 Å². The van der Waals surface area contributed by atoms with E-state index in [1.54, 1.807) is 43.3 Å². The van der Waals surface area contributed by atoms with Crippen LogP contribution in [0.15, 0.2) is 199 Å². The predicted molar refractivity (Wildman–Crippen MR) is 332 cm³/mol. The molecule has 0 aromatic heterocycles. The van der Waals surface area contributed by atoms with Crippen molar-refractivity contribution >= 4 is 152 Å². The van der Waals surface area contributed by atoms with Crippen LogP contribution >= 0.6 is 12.0 Å². The monoisotopic (exact) mass is 1350 g/mol. The summed E-state index contributed by atoms with van der Waals surface area (Å²) in [6, 6.07) is 29.6. The topological polar surface area (TPSA) is 466 Å². The van der Waals surface area contributed by atoms with Gasteiger partial charge in [-0.2, -0.15) is 43.9 Å². The first-order chi connectivity index (χ1) is 43.5. The highest BCUT2D eigenvalue weighted by Gasteiger charge is 2.25. The number of anilines is 2. The summed E-state index contributed by atoms with van der Waals surface area (Å²) >= 11 is 0.457. The lowest BCUT2D eigenvalue weighted by atomic mass is 10.1. The van der Waals surface area contributed by atoms with Gasteiger partial charge in [-0.1, -0.05) is 23.2 Å². The summed E-state index contributed by atoms with van der Waals surface area (Å²) in [5.74, 6) is -1.84. The van der Waals surface area contributed by atoms with E-state index in [0.717, 1.165) is 24.3 Å². The van der Waals surface area contributed by atoms with Gasteiger partial charge in [0.2, 0.25) is 0 Å². The van der Waals surface area contributed by atoms with Crippen molar-refractivity contribution in [3.8, 4) is 28.7 Å². The van der Waals surface area contributed by atoms with E-state index in [9.17, 15) is 72.3 Å². The van der Waals surface area contributed by atoms with E-state index < -0.39 is 78.1 Å². The van der Waals surface area contributed by atoms with Crippen LogP contribution in [0.4, 0.5) is 56.9 Å². The summed E-state index contributed by atoms with van der Waals surface area (Å²) in [4.78, 5) is -2.67. The molecule has 0 heterocycles. The number of nitrogens with one attached hydrogen (secondary N) is 1. The van der Waals surface area contributed by atoms with E-state index >= 15 is 0 Å². The molecule has 0 atom stereocenters. The fourth-order valence-electron chi connectivity index (χ4n) is 9.36. The van der Waals surface area contributed by atoms with Crippen molar-refractivity contribution in [1.82, 2.24) is 0 Å². The largest absolute Gasteiger partial charge is 0.507 e. The van der Waals surface area contributed by atoms with Gasteiger partial charge in [-0.25, -0.2) is 5.26 Å². The standard InChI is InChI=1S/C57H45N9O21S5/c1-28-15-45(49(84-3)26-43(28)61-64-47-24-37(90(75,76)77)19-33-20-38(91(78,79)80)25-48(68)53(33)47)62-66-55-52(92(81,82)83)22-32-18-35(9-12-40(32)57(55)70)58-34-8-11-39-31(17-34)21-51(88-87-86-71)54(56(39)69)65-63-46-16-29(2)44(27-50(46)85-14-13-67)60-59-42-6-4-5-30-7-10-36(23-41(30)42)89(72,73)74/h4-12,15-27,58,67-71H,13-14H2,1-3H3,(H,72,73,74)(H,75,76,77)(H,78,79,80)(H,81,82,83). The van der Waals surface area contributed by atoms with Crippen LogP contribution in [-0.4, -0.2) is 97.9 Å². The number of phenolic OH excluding ortho intramolecular Hbond substituents is 3. The third-order valence-corrected chi connectivity index (χ3v) is 17.7. The van der Waals surface area contributed by atoms with E-state index in [-0.39, 0.29) is 107 Å². The molecule has 35 heteroatoms. The molecule has 0 aliphatic carbocycles. The van der Waals surface area contributed by atoms with Gasteiger partial charge in [0.1, 0.15) is 51.5 Å². The quantitative estimate of drug-likeness (QED) is 0.0105. The highest BCUT2D eigenvalue weighted by atomic mass is 32.2. The number of benzene rings is 10. The number of methoxy groups -OCH3 is 1. The van der Waals surface area contributed by atoms with E-state index in [1.165, 1.54) is 80.8 Å². The first kappa shape index (κ1) is 65.2. The van der Waals surface area contributed by atoms with E-state index in [4.69, 9.17) is 19.1 Å². The summed E-state index contributed by atoms with van der Waals surface area (Å²) < 4.78 is 153. The van der Waals surface area contributed by atoms with Crippen LogP contribution in [0.5, 0.6) is 28.7 Å². The van der Waals surface area contributed by atoms with Crippen LogP contribution in [0, 0.1) is 13.8 Å². The van der Waals surface area contributed by atoms with Crippen molar-refractivity contribution in [3.05, 3.63) is 145 Å². The van der Waals surface area contributed by atoms with Crippen molar-refractivity contribution in [2.75, 3.05) is 25.6 Å². The van der Waals surface area contributed by atoms with Crippen molar-refractivity contribution in [2.24, 2.45) is 40.9 Å². The van der Waals surface area contributed by atoms with Gasteiger partial charge in [-0.05, 0) is 144 Å². The summed E-state index contributed by atoms with van der Waals surface area (Å²) in [5.41, 5.74) is 0.994. The minimum atomic E-state index is -5.15. The van der Waals surface area contributed by atoms with E-state index in [1.807, 2.05) is 0 Å². The van der Waals surface area contributed by atoms with Crippen LogP contribution in [0.2, 0.25) is 0 Å². The minimum Gasteiger partial charge on any atom is -0.507 e. The number of hydrogen-bond donors (Lipinski definition) is 10. The molecule has 0 fully saturated rings. The number of aliphatic hydroxyl groups excluding tert-OH is 1. The van der Waals surface area contributed by atoms with E-state index in [0.29, 0.717) is 51.2 Å². The molecule has 0 saturated carbocycles. The second kappa shape index (κ2) is 25.9. The fourth-order valence-corrected chi connectivity index (χ4v) is 12.1. The van der Waals surface area contributed by atoms with Crippen molar-refractivity contribution in [3.63, 3.8) is 0 Å². The normalized spacial score (nSPS) is 12.7. The Kier molecular flexibility index (Phi) is 18.3. The molecule has 0 aliphatic heterocycles. The molecule has 10 aromatic rings. The molecule has 0 unspecified atom stereocenters. The summed E-state index contributed by atoms with van der Waals surface area (Å²) in [5, 5.41) is 94.8. The lowest BCUT2D eigenvalue weighted by Gasteiger charge is -2.14. The van der Waals surface area contributed by atoms with Crippen molar-refractivity contribution in [1.29, 1.82) is 0 Å². The summed E-state index contributed by atoms with van der Waals surface area (Å²) in [6.07, 6.45) is 0. The minimum absolute atomic E-state index is 0.0441. The number of azo groups is 4. The number of rotatable bonds is 21. The Morgan fingerprint density at radius 2 is 1.02 bits per heavy atom. The Morgan fingerprint density at radius 3 is 1.61 bits per heavy atom. The first-order valence-electron chi connectivity index (χ1n) is 26.0. The molecule has 10 N–H and O–H groups in total. The second-order valence-electron chi connectivity index (χ2n) is 19.7. The average Bonchev–Trinajstić information content (AvgIpc) is 0.797. The smallest absolute Gasteiger partial charge is 0.296 e. The van der Waals surface area contributed by atoms with Gasteiger partial charge in [-0.3, -0.25) is 18.2 Å². The number of fused-ring (bicyclic) bond motifs is 4. The van der Waals surface area contributed by atoms with Gasteiger partial charge >= 0.3 is 0 Å². The maximum Gasteiger partial charge on any atom is 0.296 e. The highest BCUT2D eigenvalue weighted by molar-refractivity contribution is 7.94. The molecule has 30 nitrogen and oxygen atoms in total. The Labute approximate surface area is 524 Å². The molecule has 0 bridgehead atoms. The van der Waals surface area contributed by atoms with Gasteiger partial charge in [-0.15, -0.1) is 35.0 Å². The number of phenols is 3. The Hall–Kier alpha value is -9.73. The number of aliphatic hydroxyl groups is 1. The van der Waals surface area contributed by atoms with Crippen LogP contribution in [0.1, 0.15) is 11.1 Å². The lowest BCUT2D eigenvalue weighted by Crippen LogP contribution is -2.01.